The lowest BCUT2D eigenvalue weighted by atomic mass is 10.4. The Bertz CT molecular complexity index is 93.8. The first-order valence-electron chi connectivity index (χ1n) is 5.10. The van der Waals surface area contributed by atoms with E-state index in [-0.39, 0.29) is 0 Å². The Hall–Kier alpha value is -0.0800. The molecule has 1 fully saturated rings. The lowest BCUT2D eigenvalue weighted by Crippen LogP contribution is -2.18. The zero-order valence-corrected chi connectivity index (χ0v) is 8.64. The number of hydrogen-bond acceptors (Lipinski definition) is 2. The van der Waals surface area contributed by atoms with Crippen molar-refractivity contribution in [3.05, 3.63) is 0 Å². The number of nitrogens with one attached hydrogen (secondary N) is 1. The van der Waals surface area contributed by atoms with Gasteiger partial charge >= 0.3 is 0 Å². The summed E-state index contributed by atoms with van der Waals surface area (Å²) in [5, 5.41) is 11.3. The molecule has 74 valence electrons. The predicted octanol–water partition coefficient (Wildman–Crippen LogP) is 1.78. The molecule has 0 saturated heterocycles. The van der Waals surface area contributed by atoms with E-state index < -0.39 is 0 Å². The minimum Gasteiger partial charge on any atom is -0.396 e. The molecule has 1 rings (SSSR count). The van der Waals surface area contributed by atoms with Crippen molar-refractivity contribution in [2.75, 3.05) is 13.2 Å². The molecule has 0 aromatic rings. The van der Waals surface area contributed by atoms with E-state index in [1.165, 1.54) is 19.4 Å². The number of aliphatic hydroxyl groups excluding tert-OH is 1. The smallest absolute Gasteiger partial charge is 0.0428 e. The van der Waals surface area contributed by atoms with Crippen LogP contribution in [0.15, 0.2) is 0 Å². The Balaban J connectivity index is 0.000000261. The predicted molar refractivity (Wildman–Crippen MR) is 53.2 cm³/mol. The van der Waals surface area contributed by atoms with E-state index in [9.17, 15) is 0 Å². The molecule has 0 aliphatic heterocycles. The maximum atomic E-state index is 7.88. The first kappa shape index (κ1) is 11.9. The Kier molecular flexibility index (Phi) is 7.51. The average molecular weight is 173 g/mol. The number of rotatable bonds is 4. The van der Waals surface area contributed by atoms with E-state index in [0.717, 1.165) is 18.4 Å². The van der Waals surface area contributed by atoms with Crippen molar-refractivity contribution < 1.29 is 5.11 Å². The summed E-state index contributed by atoms with van der Waals surface area (Å²) in [6.07, 6.45) is 3.54. The van der Waals surface area contributed by atoms with Gasteiger partial charge in [0.25, 0.3) is 0 Å². The molecule has 0 radical (unpaired) electrons. The van der Waals surface area contributed by atoms with Gasteiger partial charge in [0.15, 0.2) is 0 Å². The molecule has 0 bridgehead atoms. The zero-order valence-electron chi connectivity index (χ0n) is 8.64. The molecular weight excluding hydrogens is 150 g/mol. The Morgan fingerprint density at radius 3 is 2.08 bits per heavy atom. The second-order valence-corrected chi connectivity index (χ2v) is 3.50. The van der Waals surface area contributed by atoms with Crippen LogP contribution in [0.3, 0.4) is 0 Å². The van der Waals surface area contributed by atoms with Crippen LogP contribution in [0.5, 0.6) is 0 Å². The molecule has 0 heterocycles. The second kappa shape index (κ2) is 7.56. The second-order valence-electron chi connectivity index (χ2n) is 3.50. The summed E-state index contributed by atoms with van der Waals surface area (Å²) in [7, 11) is 0. The van der Waals surface area contributed by atoms with E-state index in [0.29, 0.717) is 6.61 Å². The number of aliphatic hydroxyl groups is 1. The van der Waals surface area contributed by atoms with Crippen LogP contribution < -0.4 is 5.32 Å². The van der Waals surface area contributed by atoms with Crippen LogP contribution in [0.4, 0.5) is 0 Å². The summed E-state index contributed by atoms with van der Waals surface area (Å²) in [5.74, 6) is 0.960. The van der Waals surface area contributed by atoms with Gasteiger partial charge in [0, 0.05) is 12.6 Å². The summed E-state index contributed by atoms with van der Waals surface area (Å²) < 4.78 is 0. The van der Waals surface area contributed by atoms with E-state index in [1.807, 2.05) is 6.92 Å². The van der Waals surface area contributed by atoms with Crippen molar-refractivity contribution in [1.29, 1.82) is 0 Å². The largest absolute Gasteiger partial charge is 0.396 e. The monoisotopic (exact) mass is 173 g/mol. The molecule has 0 aromatic heterocycles. The van der Waals surface area contributed by atoms with E-state index in [1.54, 1.807) is 0 Å². The van der Waals surface area contributed by atoms with Crippen LogP contribution in [0, 0.1) is 5.92 Å². The zero-order chi connectivity index (χ0) is 9.40. The van der Waals surface area contributed by atoms with Crippen molar-refractivity contribution in [2.24, 2.45) is 5.92 Å². The highest BCUT2D eigenvalue weighted by atomic mass is 16.2. The molecule has 2 nitrogen and oxygen atoms in total. The highest BCUT2D eigenvalue weighted by molar-refractivity contribution is 4.88. The molecule has 2 unspecified atom stereocenters. The molecule has 2 heteroatoms. The lowest BCUT2D eigenvalue weighted by molar-refractivity contribution is 0.295. The lowest BCUT2D eigenvalue weighted by Gasteiger charge is -1.96. The van der Waals surface area contributed by atoms with Gasteiger partial charge in [-0.3, -0.25) is 0 Å². The molecular formula is C10H23NO. The van der Waals surface area contributed by atoms with Gasteiger partial charge in [0.2, 0.25) is 0 Å². The van der Waals surface area contributed by atoms with Crippen molar-refractivity contribution >= 4 is 0 Å². The summed E-state index contributed by atoms with van der Waals surface area (Å²) in [6.45, 7) is 7.96. The maximum absolute atomic E-state index is 7.88. The van der Waals surface area contributed by atoms with E-state index in [2.05, 4.69) is 19.2 Å². The Labute approximate surface area is 76.4 Å². The number of hydrogen-bond donors (Lipinski definition) is 2. The van der Waals surface area contributed by atoms with Crippen molar-refractivity contribution in [2.45, 2.75) is 46.1 Å². The van der Waals surface area contributed by atoms with Crippen LogP contribution in [0.2, 0.25) is 0 Å². The Morgan fingerprint density at radius 2 is 1.83 bits per heavy atom. The molecule has 12 heavy (non-hydrogen) atoms. The summed E-state index contributed by atoms with van der Waals surface area (Å²) in [5.41, 5.74) is 0. The first-order chi connectivity index (χ1) is 5.76. The quantitative estimate of drug-likeness (QED) is 0.679. The van der Waals surface area contributed by atoms with Crippen molar-refractivity contribution in [3.63, 3.8) is 0 Å². The van der Waals surface area contributed by atoms with Gasteiger partial charge in [-0.05, 0) is 31.7 Å². The molecule has 2 N–H and O–H groups in total. The standard InChI is InChI=1S/C7H15N.C3H8O/c1-3-4-8-7-5-6(7)2;1-2-3-4/h6-8H,3-5H2,1-2H3;4H,2-3H2,1H3. The van der Waals surface area contributed by atoms with Crippen LogP contribution in [0.1, 0.15) is 40.0 Å². The summed E-state index contributed by atoms with van der Waals surface area (Å²) in [4.78, 5) is 0. The minimum atomic E-state index is 0.319. The molecule has 1 aliphatic rings. The van der Waals surface area contributed by atoms with Gasteiger partial charge in [-0.1, -0.05) is 20.8 Å². The highest BCUT2D eigenvalue weighted by Crippen LogP contribution is 2.28. The molecule has 0 spiro atoms. The van der Waals surface area contributed by atoms with Crippen LogP contribution in [-0.2, 0) is 0 Å². The normalized spacial score (nSPS) is 26.0. The van der Waals surface area contributed by atoms with Crippen LogP contribution >= 0.6 is 0 Å². The van der Waals surface area contributed by atoms with Gasteiger partial charge in [-0.15, -0.1) is 0 Å². The van der Waals surface area contributed by atoms with Crippen molar-refractivity contribution in [1.82, 2.24) is 5.32 Å². The molecule has 1 saturated carbocycles. The Morgan fingerprint density at radius 1 is 1.33 bits per heavy atom. The fraction of sp³-hybridized carbons (Fsp3) is 1.00. The third kappa shape index (κ3) is 6.62. The van der Waals surface area contributed by atoms with Crippen molar-refractivity contribution in [3.8, 4) is 0 Å². The van der Waals surface area contributed by atoms with E-state index in [4.69, 9.17) is 5.11 Å². The van der Waals surface area contributed by atoms with E-state index >= 15 is 0 Å². The fourth-order valence-corrected chi connectivity index (χ4v) is 0.936. The van der Waals surface area contributed by atoms with Gasteiger partial charge in [-0.25, -0.2) is 0 Å². The van der Waals surface area contributed by atoms with Gasteiger partial charge in [0.05, 0.1) is 0 Å². The topological polar surface area (TPSA) is 32.3 Å². The average Bonchev–Trinajstić information content (AvgIpc) is 2.79. The summed E-state index contributed by atoms with van der Waals surface area (Å²) >= 11 is 0. The molecule has 1 aliphatic carbocycles. The first-order valence-corrected chi connectivity index (χ1v) is 5.10. The SMILES string of the molecule is CCCNC1CC1C.CCCO. The van der Waals surface area contributed by atoms with Gasteiger partial charge in [-0.2, -0.15) is 0 Å². The molecule has 2 atom stereocenters. The third-order valence-corrected chi connectivity index (χ3v) is 1.99. The molecule has 0 amide bonds. The van der Waals surface area contributed by atoms with Gasteiger partial charge in [0.1, 0.15) is 0 Å². The van der Waals surface area contributed by atoms with Crippen LogP contribution in [0.25, 0.3) is 0 Å². The maximum Gasteiger partial charge on any atom is 0.0428 e. The molecule has 0 aromatic carbocycles. The highest BCUT2D eigenvalue weighted by Gasteiger charge is 2.30. The van der Waals surface area contributed by atoms with Gasteiger partial charge < -0.3 is 10.4 Å². The fourth-order valence-electron chi connectivity index (χ4n) is 0.936. The van der Waals surface area contributed by atoms with Crippen LogP contribution in [-0.4, -0.2) is 24.3 Å². The third-order valence-electron chi connectivity index (χ3n) is 1.99. The minimum absolute atomic E-state index is 0.319. The summed E-state index contributed by atoms with van der Waals surface area (Å²) in [6, 6.07) is 0.870.